The van der Waals surface area contributed by atoms with Gasteiger partial charge in [-0.1, -0.05) is 6.08 Å². The molecule has 0 aliphatic rings. The molecule has 0 unspecified atom stereocenters. The average molecular weight is 277 g/mol. The molecule has 20 heavy (non-hydrogen) atoms. The van der Waals surface area contributed by atoms with E-state index in [1.807, 2.05) is 0 Å². The van der Waals surface area contributed by atoms with Gasteiger partial charge in [0.15, 0.2) is 0 Å². The van der Waals surface area contributed by atoms with E-state index in [1.54, 1.807) is 14.2 Å². The topological polar surface area (TPSA) is 30.5 Å². The number of hydrogen-bond donors (Lipinski definition) is 1. The number of benzene rings is 1. The maximum atomic E-state index is 5.36. The molecule has 0 aliphatic heterocycles. The van der Waals surface area contributed by atoms with Crippen molar-refractivity contribution in [1.29, 1.82) is 0 Å². The molecule has 1 rings (SSSR count). The van der Waals surface area contributed by atoms with Crippen molar-refractivity contribution in [3.05, 3.63) is 34.9 Å². The summed E-state index contributed by atoms with van der Waals surface area (Å²) in [6.07, 6.45) is 3.31. The second-order valence-electron chi connectivity index (χ2n) is 5.06. The first kappa shape index (κ1) is 16.7. The summed E-state index contributed by atoms with van der Waals surface area (Å²) in [6, 6.07) is 4.32. The zero-order valence-electron chi connectivity index (χ0n) is 13.4. The fourth-order valence-corrected chi connectivity index (χ4v) is 2.23. The van der Waals surface area contributed by atoms with Crippen LogP contribution in [0.3, 0.4) is 0 Å². The van der Waals surface area contributed by atoms with Gasteiger partial charge in [-0.3, -0.25) is 0 Å². The molecule has 0 bridgehead atoms. The van der Waals surface area contributed by atoms with Gasteiger partial charge in [-0.05, 0) is 68.1 Å². The molecule has 1 aromatic carbocycles. The summed E-state index contributed by atoms with van der Waals surface area (Å²) in [7, 11) is 3.44. The van der Waals surface area contributed by atoms with Crippen molar-refractivity contribution >= 4 is 5.57 Å². The summed E-state index contributed by atoms with van der Waals surface area (Å²) in [5, 5.41) is 3.35. The van der Waals surface area contributed by atoms with Crippen LogP contribution in [0.5, 0.6) is 5.75 Å². The number of hydrogen-bond acceptors (Lipinski definition) is 3. The maximum Gasteiger partial charge on any atom is 0.122 e. The highest BCUT2D eigenvalue weighted by Gasteiger charge is 2.05. The third kappa shape index (κ3) is 4.99. The number of ether oxygens (including phenoxy) is 2. The molecule has 0 aromatic heterocycles. The maximum absolute atomic E-state index is 5.36. The summed E-state index contributed by atoms with van der Waals surface area (Å²) in [4.78, 5) is 0. The lowest BCUT2D eigenvalue weighted by Crippen LogP contribution is -2.19. The normalized spacial score (nSPS) is 11.8. The molecule has 3 nitrogen and oxygen atoms in total. The first-order valence-electron chi connectivity index (χ1n) is 7.12. The van der Waals surface area contributed by atoms with Crippen LogP contribution in [0, 0.1) is 13.8 Å². The van der Waals surface area contributed by atoms with Crippen LogP contribution in [-0.4, -0.2) is 33.9 Å². The minimum Gasteiger partial charge on any atom is -0.496 e. The lowest BCUT2D eigenvalue weighted by atomic mass is 9.98. The molecule has 0 radical (unpaired) electrons. The average Bonchev–Trinajstić information content (AvgIpc) is 2.44. The smallest absolute Gasteiger partial charge is 0.122 e. The predicted octanol–water partition coefficient (Wildman–Crippen LogP) is 3.34. The fourth-order valence-electron chi connectivity index (χ4n) is 2.23. The first-order chi connectivity index (χ1) is 9.60. The van der Waals surface area contributed by atoms with Gasteiger partial charge in [0.2, 0.25) is 0 Å². The monoisotopic (exact) mass is 277 g/mol. The largest absolute Gasteiger partial charge is 0.496 e. The van der Waals surface area contributed by atoms with Gasteiger partial charge in [-0.2, -0.15) is 0 Å². The fraction of sp³-hybridized carbons (Fsp3) is 0.529. The highest BCUT2D eigenvalue weighted by atomic mass is 16.5. The third-order valence-electron chi connectivity index (χ3n) is 3.42. The molecule has 0 amide bonds. The summed E-state index contributed by atoms with van der Waals surface area (Å²) < 4.78 is 10.4. The lowest BCUT2D eigenvalue weighted by Gasteiger charge is -2.12. The molecule has 1 aromatic rings. The zero-order chi connectivity index (χ0) is 15.0. The van der Waals surface area contributed by atoms with Crippen LogP contribution in [0.1, 0.15) is 30.0 Å². The summed E-state index contributed by atoms with van der Waals surface area (Å²) in [5.74, 6) is 0.959. The molecule has 112 valence electrons. The van der Waals surface area contributed by atoms with Crippen LogP contribution in [0.4, 0.5) is 0 Å². The minimum absolute atomic E-state index is 0.763. The SMILES string of the molecule is COCCNCC/C=C(/C)c1cc(C)c(OC)cc1C. The van der Waals surface area contributed by atoms with Gasteiger partial charge >= 0.3 is 0 Å². The highest BCUT2D eigenvalue weighted by molar-refractivity contribution is 5.68. The number of rotatable bonds is 8. The second kappa shape index (κ2) is 8.77. The van der Waals surface area contributed by atoms with Crippen molar-refractivity contribution in [2.45, 2.75) is 27.2 Å². The van der Waals surface area contributed by atoms with Crippen LogP contribution in [0.25, 0.3) is 5.57 Å². The first-order valence-corrected chi connectivity index (χ1v) is 7.12. The van der Waals surface area contributed by atoms with E-state index in [2.05, 4.69) is 44.3 Å². The van der Waals surface area contributed by atoms with E-state index in [0.29, 0.717) is 0 Å². The quantitative estimate of drug-likeness (QED) is 0.739. The molecule has 0 atom stereocenters. The Morgan fingerprint density at radius 1 is 1.15 bits per heavy atom. The van der Waals surface area contributed by atoms with E-state index in [4.69, 9.17) is 9.47 Å². The third-order valence-corrected chi connectivity index (χ3v) is 3.42. The molecule has 3 heteroatoms. The number of allylic oxidation sites excluding steroid dienone is 1. The standard InChI is InChI=1S/C17H27NO2/c1-13(7-6-8-18-9-10-19-4)16-11-15(3)17(20-5)12-14(16)2/h7,11-12,18H,6,8-10H2,1-5H3/b13-7-. The van der Waals surface area contributed by atoms with Gasteiger partial charge in [-0.25, -0.2) is 0 Å². The van der Waals surface area contributed by atoms with Gasteiger partial charge in [0.05, 0.1) is 13.7 Å². The summed E-state index contributed by atoms with van der Waals surface area (Å²) in [5.41, 5.74) is 5.06. The van der Waals surface area contributed by atoms with Crippen LogP contribution in [0.15, 0.2) is 18.2 Å². The van der Waals surface area contributed by atoms with Crippen molar-refractivity contribution in [3.63, 3.8) is 0 Å². The van der Waals surface area contributed by atoms with Crippen molar-refractivity contribution in [1.82, 2.24) is 5.32 Å². The minimum atomic E-state index is 0.763. The van der Waals surface area contributed by atoms with Gasteiger partial charge in [0.1, 0.15) is 5.75 Å². The van der Waals surface area contributed by atoms with E-state index >= 15 is 0 Å². The molecule has 0 spiro atoms. The van der Waals surface area contributed by atoms with Crippen molar-refractivity contribution in [2.75, 3.05) is 33.9 Å². The van der Waals surface area contributed by atoms with E-state index in [0.717, 1.165) is 31.9 Å². The Balaban J connectivity index is 2.62. The van der Waals surface area contributed by atoms with E-state index < -0.39 is 0 Å². The second-order valence-corrected chi connectivity index (χ2v) is 5.06. The van der Waals surface area contributed by atoms with E-state index in [9.17, 15) is 0 Å². The zero-order valence-corrected chi connectivity index (χ0v) is 13.4. The molecule has 0 saturated heterocycles. The lowest BCUT2D eigenvalue weighted by molar-refractivity contribution is 0.199. The predicted molar refractivity (Wildman–Crippen MR) is 85.5 cm³/mol. The van der Waals surface area contributed by atoms with Gasteiger partial charge in [0, 0.05) is 13.7 Å². The number of nitrogens with one attached hydrogen (secondary N) is 1. The van der Waals surface area contributed by atoms with Crippen molar-refractivity contribution in [3.8, 4) is 5.75 Å². The molecular weight excluding hydrogens is 250 g/mol. The Kier molecular flexibility index (Phi) is 7.34. The van der Waals surface area contributed by atoms with Crippen LogP contribution >= 0.6 is 0 Å². The number of aryl methyl sites for hydroxylation is 2. The number of methoxy groups -OCH3 is 2. The van der Waals surface area contributed by atoms with E-state index in [1.165, 1.54) is 22.3 Å². The van der Waals surface area contributed by atoms with Gasteiger partial charge < -0.3 is 14.8 Å². The summed E-state index contributed by atoms with van der Waals surface area (Å²) in [6.45, 7) is 9.04. The Morgan fingerprint density at radius 2 is 1.90 bits per heavy atom. The molecule has 0 aliphatic carbocycles. The molecule has 0 saturated carbocycles. The van der Waals surface area contributed by atoms with Crippen molar-refractivity contribution < 1.29 is 9.47 Å². The Morgan fingerprint density at radius 3 is 2.55 bits per heavy atom. The Bertz CT molecular complexity index is 453. The Hall–Kier alpha value is -1.32. The van der Waals surface area contributed by atoms with Crippen molar-refractivity contribution in [2.24, 2.45) is 0 Å². The van der Waals surface area contributed by atoms with Crippen LogP contribution in [-0.2, 0) is 4.74 Å². The van der Waals surface area contributed by atoms with Crippen LogP contribution < -0.4 is 10.1 Å². The Labute approximate surface area is 123 Å². The van der Waals surface area contributed by atoms with Crippen LogP contribution in [0.2, 0.25) is 0 Å². The van der Waals surface area contributed by atoms with E-state index in [-0.39, 0.29) is 0 Å². The molecule has 0 fully saturated rings. The molecule has 0 heterocycles. The van der Waals surface area contributed by atoms with Gasteiger partial charge in [-0.15, -0.1) is 0 Å². The highest BCUT2D eigenvalue weighted by Crippen LogP contribution is 2.27. The van der Waals surface area contributed by atoms with Gasteiger partial charge in [0.25, 0.3) is 0 Å². The molecule has 1 N–H and O–H groups in total. The summed E-state index contributed by atoms with van der Waals surface area (Å²) >= 11 is 0. The molecular formula is C17H27NO2.